The van der Waals surface area contributed by atoms with E-state index in [-0.39, 0.29) is 11.9 Å². The van der Waals surface area contributed by atoms with Crippen LogP contribution < -0.4 is 10.2 Å². The zero-order valence-electron chi connectivity index (χ0n) is 17.0. The summed E-state index contributed by atoms with van der Waals surface area (Å²) in [4.78, 5) is 26.6. The fraction of sp³-hybridized carbons (Fsp3) is 0.600. The minimum absolute atomic E-state index is 0.0973. The Kier molecular flexibility index (Phi) is 5.51. The highest BCUT2D eigenvalue weighted by Gasteiger charge is 2.37. The summed E-state index contributed by atoms with van der Waals surface area (Å²) >= 11 is 1.80. The average molecular weight is 455 g/mol. The van der Waals surface area contributed by atoms with Crippen molar-refractivity contribution in [1.82, 2.24) is 25.1 Å². The number of thioether (sulfide) groups is 1. The lowest BCUT2D eigenvalue weighted by Gasteiger charge is -2.37. The number of H-pyrrole nitrogens is 1. The maximum Gasteiger partial charge on any atom is 0.416 e. The van der Waals surface area contributed by atoms with Crippen LogP contribution >= 0.6 is 11.8 Å². The number of rotatable bonds is 3. The number of amides is 1. The molecular weight excluding hydrogens is 429 g/mol. The summed E-state index contributed by atoms with van der Waals surface area (Å²) in [6, 6.07) is 3.82. The molecule has 0 aliphatic carbocycles. The number of aromatic nitrogens is 2. The van der Waals surface area contributed by atoms with Crippen molar-refractivity contribution in [2.45, 2.75) is 24.7 Å². The molecule has 5 rings (SSSR count). The molecule has 2 atom stereocenters. The van der Waals surface area contributed by atoms with E-state index in [4.69, 9.17) is 0 Å². The van der Waals surface area contributed by atoms with Gasteiger partial charge in [0.05, 0.1) is 28.5 Å². The fourth-order valence-electron chi connectivity index (χ4n) is 4.61. The summed E-state index contributed by atoms with van der Waals surface area (Å²) in [5.41, 5.74) is 0.255. The molecule has 4 heterocycles. The summed E-state index contributed by atoms with van der Waals surface area (Å²) in [6.45, 7) is 4.79. The third kappa shape index (κ3) is 4.22. The highest BCUT2D eigenvalue weighted by atomic mass is 32.2. The molecule has 168 valence electrons. The van der Waals surface area contributed by atoms with E-state index in [1.54, 1.807) is 11.8 Å². The van der Waals surface area contributed by atoms with Crippen molar-refractivity contribution in [3.8, 4) is 0 Å². The van der Waals surface area contributed by atoms with Gasteiger partial charge in [0.1, 0.15) is 0 Å². The van der Waals surface area contributed by atoms with Crippen LogP contribution in [0.3, 0.4) is 0 Å². The van der Waals surface area contributed by atoms with Gasteiger partial charge in [-0.15, -0.1) is 11.8 Å². The molecule has 3 aliphatic rings. The van der Waals surface area contributed by atoms with Crippen LogP contribution in [0.1, 0.15) is 12.0 Å². The smallest absolute Gasteiger partial charge is 0.340 e. The van der Waals surface area contributed by atoms with Crippen molar-refractivity contribution < 1.29 is 18.0 Å². The van der Waals surface area contributed by atoms with E-state index in [1.165, 1.54) is 6.07 Å². The Hall–Kier alpha value is -1.98. The second-order valence-corrected chi connectivity index (χ2v) is 9.38. The normalized spacial score (nSPS) is 25.6. The number of hydrogen-bond acceptors (Lipinski definition) is 6. The van der Waals surface area contributed by atoms with E-state index < -0.39 is 11.7 Å². The van der Waals surface area contributed by atoms with Crippen LogP contribution in [0.15, 0.2) is 18.2 Å². The first-order chi connectivity index (χ1) is 14.9. The number of nitrogens with one attached hydrogen (secondary N) is 2. The van der Waals surface area contributed by atoms with Gasteiger partial charge in [-0.05, 0) is 24.6 Å². The summed E-state index contributed by atoms with van der Waals surface area (Å²) in [5, 5.41) is 3.39. The SMILES string of the molecule is O=C([C@@H]1C[C@H](N2CCN(c3nc4ccc(C(F)(F)F)cc4[nH]3)CC2)CN1)N1CCSC1. The second-order valence-electron chi connectivity index (χ2n) is 8.30. The first-order valence-electron chi connectivity index (χ1n) is 10.5. The number of nitrogens with zero attached hydrogens (tertiary/aromatic N) is 4. The molecular formula is C20H25F3N6OS. The topological polar surface area (TPSA) is 67.5 Å². The van der Waals surface area contributed by atoms with Crippen LogP contribution in [0.4, 0.5) is 19.1 Å². The Balaban J connectivity index is 1.18. The van der Waals surface area contributed by atoms with Crippen molar-refractivity contribution in [3.05, 3.63) is 23.8 Å². The number of imidazole rings is 1. The summed E-state index contributed by atoms with van der Waals surface area (Å²) in [7, 11) is 0. The van der Waals surface area contributed by atoms with E-state index in [0.29, 0.717) is 23.0 Å². The van der Waals surface area contributed by atoms with Gasteiger partial charge in [-0.3, -0.25) is 9.69 Å². The van der Waals surface area contributed by atoms with Crippen molar-refractivity contribution in [2.75, 3.05) is 55.8 Å². The van der Waals surface area contributed by atoms with Gasteiger partial charge in [0.2, 0.25) is 11.9 Å². The number of anilines is 1. The minimum atomic E-state index is -4.37. The second kappa shape index (κ2) is 8.18. The number of fused-ring (bicyclic) bond motifs is 1. The Morgan fingerprint density at radius 2 is 1.97 bits per heavy atom. The molecule has 0 radical (unpaired) electrons. The Bertz CT molecular complexity index is 952. The van der Waals surface area contributed by atoms with Gasteiger partial charge in [-0.2, -0.15) is 13.2 Å². The zero-order chi connectivity index (χ0) is 21.6. The van der Waals surface area contributed by atoms with Crippen LogP contribution in [0, 0.1) is 0 Å². The zero-order valence-corrected chi connectivity index (χ0v) is 17.8. The van der Waals surface area contributed by atoms with Gasteiger partial charge in [-0.1, -0.05) is 0 Å². The van der Waals surface area contributed by atoms with Crippen molar-refractivity contribution in [3.63, 3.8) is 0 Å². The largest absolute Gasteiger partial charge is 0.416 e. The predicted molar refractivity (Wildman–Crippen MR) is 114 cm³/mol. The molecule has 0 saturated carbocycles. The molecule has 31 heavy (non-hydrogen) atoms. The van der Waals surface area contributed by atoms with E-state index >= 15 is 0 Å². The summed E-state index contributed by atoms with van der Waals surface area (Å²) in [5.74, 6) is 2.63. The van der Waals surface area contributed by atoms with Crippen LogP contribution in [0.2, 0.25) is 0 Å². The number of alkyl halides is 3. The van der Waals surface area contributed by atoms with Crippen LogP contribution in [-0.2, 0) is 11.0 Å². The molecule has 3 fully saturated rings. The number of hydrogen-bond donors (Lipinski definition) is 2. The van der Waals surface area contributed by atoms with Crippen molar-refractivity contribution in [1.29, 1.82) is 0 Å². The van der Waals surface area contributed by atoms with Crippen molar-refractivity contribution in [2.24, 2.45) is 0 Å². The van der Waals surface area contributed by atoms with E-state index in [2.05, 4.69) is 25.1 Å². The molecule has 11 heteroatoms. The van der Waals surface area contributed by atoms with Crippen molar-refractivity contribution >= 4 is 34.7 Å². The van der Waals surface area contributed by atoms with E-state index in [9.17, 15) is 18.0 Å². The Morgan fingerprint density at radius 3 is 2.68 bits per heavy atom. The monoisotopic (exact) mass is 454 g/mol. The molecule has 0 bridgehead atoms. The van der Waals surface area contributed by atoms with Gasteiger partial charge in [0.25, 0.3) is 0 Å². The third-order valence-electron chi connectivity index (χ3n) is 6.40. The minimum Gasteiger partial charge on any atom is -0.340 e. The maximum absolute atomic E-state index is 13.0. The molecule has 2 aromatic rings. The quantitative estimate of drug-likeness (QED) is 0.739. The van der Waals surface area contributed by atoms with Gasteiger partial charge in [0.15, 0.2) is 0 Å². The average Bonchev–Trinajstić information content (AvgIpc) is 3.52. The number of benzene rings is 1. The lowest BCUT2D eigenvalue weighted by atomic mass is 10.1. The molecule has 1 aromatic heterocycles. The first kappa shape index (κ1) is 20.9. The molecule has 1 amide bonds. The van der Waals surface area contributed by atoms with E-state index in [0.717, 1.165) is 69.5 Å². The lowest BCUT2D eigenvalue weighted by molar-refractivity contribution is -0.137. The standard InChI is InChI=1S/C20H25F3N6OS/c21-20(22,23)13-1-2-15-16(9-13)26-19(25-15)28-5-3-27(4-6-28)14-10-17(24-11-14)18(30)29-7-8-31-12-29/h1-2,9,14,17,24H,3-8,10-12H2,(H,25,26)/t14-,17-/m0/s1. The highest BCUT2D eigenvalue weighted by molar-refractivity contribution is 7.99. The Morgan fingerprint density at radius 1 is 1.16 bits per heavy atom. The van der Waals surface area contributed by atoms with Crippen LogP contribution in [0.25, 0.3) is 11.0 Å². The summed E-state index contributed by atoms with van der Waals surface area (Å²) < 4.78 is 38.9. The number of carbonyl (C=O) groups excluding carboxylic acids is 1. The first-order valence-corrected chi connectivity index (χ1v) is 11.7. The molecule has 3 aliphatic heterocycles. The van der Waals surface area contributed by atoms with E-state index in [1.807, 2.05) is 4.90 Å². The summed E-state index contributed by atoms with van der Waals surface area (Å²) in [6.07, 6.45) is -3.54. The van der Waals surface area contributed by atoms with Gasteiger partial charge in [-0.25, -0.2) is 4.98 Å². The molecule has 1 aromatic carbocycles. The van der Waals surface area contributed by atoms with Gasteiger partial charge < -0.3 is 20.1 Å². The number of carbonyl (C=O) groups is 1. The number of halogens is 3. The highest BCUT2D eigenvalue weighted by Crippen LogP contribution is 2.31. The molecule has 2 N–H and O–H groups in total. The molecule has 0 unspecified atom stereocenters. The lowest BCUT2D eigenvalue weighted by Crippen LogP contribution is -2.51. The fourth-order valence-corrected chi connectivity index (χ4v) is 5.57. The molecule has 7 nitrogen and oxygen atoms in total. The molecule has 0 spiro atoms. The van der Waals surface area contributed by atoms with Gasteiger partial charge >= 0.3 is 6.18 Å². The van der Waals surface area contributed by atoms with Crippen LogP contribution in [0.5, 0.6) is 0 Å². The number of aromatic amines is 1. The predicted octanol–water partition coefficient (Wildman–Crippen LogP) is 1.97. The number of piperazine rings is 1. The maximum atomic E-state index is 13.0. The molecule has 3 saturated heterocycles. The Labute approximate surface area is 182 Å². The van der Waals surface area contributed by atoms with Gasteiger partial charge in [0, 0.05) is 51.1 Å². The third-order valence-corrected chi connectivity index (χ3v) is 7.36. The van der Waals surface area contributed by atoms with Crippen LogP contribution in [-0.4, -0.2) is 88.7 Å².